The molecule has 14 heavy (non-hydrogen) atoms. The van der Waals surface area contributed by atoms with Gasteiger partial charge in [0.15, 0.2) is 0 Å². The quantitative estimate of drug-likeness (QED) is 0.704. The summed E-state index contributed by atoms with van der Waals surface area (Å²) in [5.74, 6) is 0.821. The van der Waals surface area contributed by atoms with Crippen LogP contribution in [0.4, 0.5) is 0 Å². The van der Waals surface area contributed by atoms with E-state index in [2.05, 4.69) is 32.1 Å². The molecule has 1 aromatic heterocycles. The van der Waals surface area contributed by atoms with Crippen LogP contribution < -0.4 is 0 Å². The van der Waals surface area contributed by atoms with E-state index >= 15 is 0 Å². The summed E-state index contributed by atoms with van der Waals surface area (Å²) in [7, 11) is 2.01. The van der Waals surface area contributed by atoms with Gasteiger partial charge in [0.1, 0.15) is 0 Å². The predicted molar refractivity (Wildman–Crippen MR) is 60.4 cm³/mol. The molecule has 0 aliphatic heterocycles. The van der Waals surface area contributed by atoms with Crippen molar-refractivity contribution < 1.29 is 0 Å². The van der Waals surface area contributed by atoms with E-state index in [4.69, 9.17) is 0 Å². The van der Waals surface area contributed by atoms with Gasteiger partial charge in [-0.1, -0.05) is 27.2 Å². The molecule has 0 saturated carbocycles. The fraction of sp³-hybridized carbons (Fsp3) is 0.750. The molecule has 0 bridgehead atoms. The molecule has 2 nitrogen and oxygen atoms in total. The first-order valence-electron chi connectivity index (χ1n) is 5.68. The monoisotopic (exact) mass is 194 g/mol. The molecule has 2 heteroatoms. The van der Waals surface area contributed by atoms with Crippen LogP contribution in [-0.4, -0.2) is 9.78 Å². The molecule has 1 atom stereocenters. The van der Waals surface area contributed by atoms with Crippen LogP contribution >= 0.6 is 0 Å². The summed E-state index contributed by atoms with van der Waals surface area (Å²) in [5, 5.41) is 4.50. The molecular formula is C12H22N2. The average Bonchev–Trinajstić information content (AvgIpc) is 2.55. The Balaban J connectivity index is 2.57. The van der Waals surface area contributed by atoms with E-state index in [0.29, 0.717) is 0 Å². The van der Waals surface area contributed by atoms with Crippen LogP contribution in [0.1, 0.15) is 44.9 Å². The summed E-state index contributed by atoms with van der Waals surface area (Å²) >= 11 is 0. The minimum Gasteiger partial charge on any atom is -0.275 e. The van der Waals surface area contributed by atoms with Gasteiger partial charge in [-0.25, -0.2) is 0 Å². The van der Waals surface area contributed by atoms with Crippen molar-refractivity contribution in [2.75, 3.05) is 0 Å². The van der Waals surface area contributed by atoms with Gasteiger partial charge in [-0.3, -0.25) is 4.68 Å². The van der Waals surface area contributed by atoms with Gasteiger partial charge in [0, 0.05) is 13.2 Å². The third-order valence-electron chi connectivity index (χ3n) is 2.94. The van der Waals surface area contributed by atoms with Crippen molar-refractivity contribution in [3.63, 3.8) is 0 Å². The van der Waals surface area contributed by atoms with Crippen LogP contribution in [0.2, 0.25) is 0 Å². The van der Waals surface area contributed by atoms with Crippen molar-refractivity contribution in [2.45, 2.75) is 46.5 Å². The molecule has 0 aliphatic rings. The van der Waals surface area contributed by atoms with Crippen LogP contribution in [0.3, 0.4) is 0 Å². The first kappa shape index (κ1) is 11.3. The lowest BCUT2D eigenvalue weighted by atomic mass is 10.00. The topological polar surface area (TPSA) is 17.8 Å². The Kier molecular flexibility index (Phi) is 4.18. The van der Waals surface area contributed by atoms with Crippen LogP contribution in [0, 0.1) is 5.92 Å². The minimum absolute atomic E-state index is 0.821. The van der Waals surface area contributed by atoms with E-state index in [1.165, 1.54) is 24.1 Å². The molecule has 0 spiro atoms. The summed E-state index contributed by atoms with van der Waals surface area (Å²) in [6.07, 6.45) is 6.92. The summed E-state index contributed by atoms with van der Waals surface area (Å²) in [4.78, 5) is 0. The van der Waals surface area contributed by atoms with Crippen LogP contribution in [-0.2, 0) is 19.9 Å². The first-order valence-corrected chi connectivity index (χ1v) is 5.68. The Morgan fingerprint density at radius 3 is 2.71 bits per heavy atom. The normalized spacial score (nSPS) is 13.1. The van der Waals surface area contributed by atoms with Crippen LogP contribution in [0.15, 0.2) is 6.20 Å². The SMILES string of the molecule is CCc1cn(C)nc1CCC(C)CC. The lowest BCUT2D eigenvalue weighted by molar-refractivity contribution is 0.510. The van der Waals surface area contributed by atoms with E-state index in [0.717, 1.165) is 18.8 Å². The van der Waals surface area contributed by atoms with E-state index in [-0.39, 0.29) is 0 Å². The third kappa shape index (κ3) is 2.86. The van der Waals surface area contributed by atoms with Gasteiger partial charge >= 0.3 is 0 Å². The Hall–Kier alpha value is -0.790. The molecule has 1 aromatic rings. The molecule has 1 rings (SSSR count). The van der Waals surface area contributed by atoms with E-state index in [1.54, 1.807) is 0 Å². The fourth-order valence-electron chi connectivity index (χ4n) is 1.68. The molecular weight excluding hydrogens is 172 g/mol. The Labute approximate surface area is 87.3 Å². The highest BCUT2D eigenvalue weighted by atomic mass is 15.2. The van der Waals surface area contributed by atoms with Gasteiger partial charge < -0.3 is 0 Å². The van der Waals surface area contributed by atoms with Crippen LogP contribution in [0.25, 0.3) is 0 Å². The summed E-state index contributed by atoms with van der Waals surface area (Å²) in [6.45, 7) is 6.77. The van der Waals surface area contributed by atoms with Crippen molar-refractivity contribution in [1.29, 1.82) is 0 Å². The molecule has 1 unspecified atom stereocenters. The van der Waals surface area contributed by atoms with Gasteiger partial charge in [0.2, 0.25) is 0 Å². The lowest BCUT2D eigenvalue weighted by Crippen LogP contribution is -1.98. The zero-order valence-electron chi connectivity index (χ0n) is 9.88. The number of hydrogen-bond donors (Lipinski definition) is 0. The van der Waals surface area contributed by atoms with Gasteiger partial charge in [0.05, 0.1) is 5.69 Å². The summed E-state index contributed by atoms with van der Waals surface area (Å²) < 4.78 is 1.94. The number of hydrogen-bond acceptors (Lipinski definition) is 1. The molecule has 1 heterocycles. The highest BCUT2D eigenvalue weighted by molar-refractivity contribution is 5.16. The average molecular weight is 194 g/mol. The highest BCUT2D eigenvalue weighted by Crippen LogP contribution is 2.14. The second-order valence-corrected chi connectivity index (χ2v) is 4.18. The maximum absolute atomic E-state index is 4.50. The largest absolute Gasteiger partial charge is 0.275 e. The van der Waals surface area contributed by atoms with Crippen molar-refractivity contribution in [3.8, 4) is 0 Å². The second kappa shape index (κ2) is 5.18. The molecule has 0 aliphatic carbocycles. The summed E-state index contributed by atoms with van der Waals surface area (Å²) in [5.41, 5.74) is 2.71. The standard InChI is InChI=1S/C12H22N2/c1-5-10(3)7-8-12-11(6-2)9-14(4)13-12/h9-10H,5-8H2,1-4H3. The van der Waals surface area contributed by atoms with E-state index < -0.39 is 0 Å². The maximum Gasteiger partial charge on any atom is 0.0656 e. The fourth-order valence-corrected chi connectivity index (χ4v) is 1.68. The zero-order valence-corrected chi connectivity index (χ0v) is 9.88. The number of rotatable bonds is 5. The van der Waals surface area contributed by atoms with Crippen molar-refractivity contribution in [1.82, 2.24) is 9.78 Å². The minimum atomic E-state index is 0.821. The maximum atomic E-state index is 4.50. The van der Waals surface area contributed by atoms with Gasteiger partial charge in [-0.05, 0) is 30.7 Å². The van der Waals surface area contributed by atoms with Crippen molar-refractivity contribution >= 4 is 0 Å². The Bertz CT molecular complexity index is 276. The Morgan fingerprint density at radius 2 is 2.14 bits per heavy atom. The molecule has 0 fully saturated rings. The second-order valence-electron chi connectivity index (χ2n) is 4.18. The molecule has 0 N–H and O–H groups in total. The smallest absolute Gasteiger partial charge is 0.0656 e. The van der Waals surface area contributed by atoms with E-state index in [9.17, 15) is 0 Å². The van der Waals surface area contributed by atoms with Gasteiger partial charge in [-0.15, -0.1) is 0 Å². The molecule has 80 valence electrons. The van der Waals surface area contributed by atoms with Crippen LogP contribution in [0.5, 0.6) is 0 Å². The Morgan fingerprint density at radius 1 is 1.43 bits per heavy atom. The highest BCUT2D eigenvalue weighted by Gasteiger charge is 2.07. The predicted octanol–water partition coefficient (Wildman–Crippen LogP) is 2.96. The van der Waals surface area contributed by atoms with Crippen molar-refractivity contribution in [2.24, 2.45) is 13.0 Å². The van der Waals surface area contributed by atoms with Gasteiger partial charge in [0.25, 0.3) is 0 Å². The zero-order chi connectivity index (χ0) is 10.6. The number of aryl methyl sites for hydroxylation is 3. The van der Waals surface area contributed by atoms with E-state index in [1.807, 2.05) is 11.7 Å². The summed E-state index contributed by atoms with van der Waals surface area (Å²) in [6, 6.07) is 0. The molecule has 0 saturated heterocycles. The molecule has 0 amide bonds. The van der Waals surface area contributed by atoms with Crippen molar-refractivity contribution in [3.05, 3.63) is 17.5 Å². The first-order chi connectivity index (χ1) is 6.67. The lowest BCUT2D eigenvalue weighted by Gasteiger charge is -2.06. The molecule has 0 aromatic carbocycles. The number of nitrogens with zero attached hydrogens (tertiary/aromatic N) is 2. The number of aromatic nitrogens is 2. The van der Waals surface area contributed by atoms with Gasteiger partial charge in [-0.2, -0.15) is 5.10 Å². The molecule has 0 radical (unpaired) electrons. The third-order valence-corrected chi connectivity index (χ3v) is 2.94.